The lowest BCUT2D eigenvalue weighted by Crippen LogP contribution is -2.00. The van der Waals surface area contributed by atoms with Crippen LogP contribution in [0.2, 0.25) is 0 Å². The third-order valence-electron chi connectivity index (χ3n) is 9.71. The van der Waals surface area contributed by atoms with Gasteiger partial charge in [-0.1, -0.05) is 146 Å². The summed E-state index contributed by atoms with van der Waals surface area (Å²) in [6, 6.07) is 61.2. The molecule has 0 N–H and O–H groups in total. The summed E-state index contributed by atoms with van der Waals surface area (Å²) < 4.78 is 6.24. The van der Waals surface area contributed by atoms with Crippen molar-refractivity contribution in [2.45, 2.75) is 0 Å². The van der Waals surface area contributed by atoms with Crippen LogP contribution in [0.4, 0.5) is 0 Å². The average molecular weight is 652 g/mol. The Morgan fingerprint density at radius 3 is 1.61 bits per heavy atom. The lowest BCUT2D eigenvalue weighted by atomic mass is 9.98. The van der Waals surface area contributed by atoms with Crippen LogP contribution in [0.25, 0.3) is 99.9 Å². The summed E-state index contributed by atoms with van der Waals surface area (Å²) in [6.07, 6.45) is 0. The van der Waals surface area contributed by atoms with E-state index in [-0.39, 0.29) is 0 Å². The Morgan fingerprint density at radius 2 is 0.824 bits per heavy atom. The molecule has 10 rings (SSSR count). The Hall–Kier alpha value is -6.91. The molecule has 238 valence electrons. The first kappa shape index (κ1) is 29.0. The van der Waals surface area contributed by atoms with Crippen LogP contribution in [0.15, 0.2) is 180 Å². The van der Waals surface area contributed by atoms with Crippen LogP contribution in [-0.2, 0) is 0 Å². The summed E-state index contributed by atoms with van der Waals surface area (Å²) >= 11 is 0. The molecule has 0 spiro atoms. The van der Waals surface area contributed by atoms with Gasteiger partial charge in [-0.05, 0) is 74.1 Å². The predicted molar refractivity (Wildman–Crippen MR) is 209 cm³/mol. The van der Waals surface area contributed by atoms with E-state index in [4.69, 9.17) is 19.4 Å². The molecule has 0 saturated heterocycles. The maximum absolute atomic E-state index is 6.24. The van der Waals surface area contributed by atoms with Crippen LogP contribution in [0, 0.1) is 0 Å². The molecule has 0 bridgehead atoms. The van der Waals surface area contributed by atoms with Gasteiger partial charge >= 0.3 is 0 Å². The monoisotopic (exact) mass is 651 g/mol. The maximum atomic E-state index is 6.24. The van der Waals surface area contributed by atoms with E-state index in [1.54, 1.807) is 0 Å². The van der Waals surface area contributed by atoms with Crippen molar-refractivity contribution in [3.05, 3.63) is 176 Å². The molecular weight excluding hydrogens is 623 g/mol. The highest BCUT2D eigenvalue weighted by Gasteiger charge is 2.18. The summed E-state index contributed by atoms with van der Waals surface area (Å²) in [5.41, 5.74) is 9.09. The highest BCUT2D eigenvalue weighted by molar-refractivity contribution is 6.11. The first-order valence-corrected chi connectivity index (χ1v) is 17.1. The van der Waals surface area contributed by atoms with Crippen LogP contribution in [0.1, 0.15) is 0 Å². The van der Waals surface area contributed by atoms with E-state index in [1.807, 2.05) is 36.4 Å². The van der Waals surface area contributed by atoms with Crippen molar-refractivity contribution in [2.24, 2.45) is 0 Å². The molecule has 0 unspecified atom stereocenters. The minimum atomic E-state index is 0.603. The maximum Gasteiger partial charge on any atom is 0.164 e. The zero-order chi connectivity index (χ0) is 33.7. The van der Waals surface area contributed by atoms with E-state index in [9.17, 15) is 0 Å². The molecule has 51 heavy (non-hydrogen) atoms. The molecule has 0 fully saturated rings. The van der Waals surface area contributed by atoms with E-state index in [0.717, 1.165) is 55.0 Å². The zero-order valence-corrected chi connectivity index (χ0v) is 27.5. The molecule has 0 amide bonds. The van der Waals surface area contributed by atoms with Gasteiger partial charge in [0.2, 0.25) is 0 Å². The van der Waals surface area contributed by atoms with Gasteiger partial charge in [-0.15, -0.1) is 0 Å². The SMILES string of the molecule is c1ccc(-c2ccc(-c3nc(-c4ccc5cc(-c6ccc7ccccc7c6)ccc5c4)nc(-c4cccc5oc6ccccc6c45)n3)cc2)cc1. The molecule has 4 nitrogen and oxygen atoms in total. The Kier molecular flexibility index (Phi) is 6.78. The Bertz CT molecular complexity index is 2910. The number of furan rings is 1. The highest BCUT2D eigenvalue weighted by atomic mass is 16.3. The van der Waals surface area contributed by atoms with Gasteiger partial charge in [-0.25, -0.2) is 15.0 Å². The molecule has 2 aromatic heterocycles. The lowest BCUT2D eigenvalue weighted by molar-refractivity contribution is 0.669. The molecule has 8 aromatic carbocycles. The van der Waals surface area contributed by atoms with Crippen molar-refractivity contribution < 1.29 is 4.42 Å². The molecule has 0 atom stereocenters. The predicted octanol–water partition coefficient (Wildman–Crippen LogP) is 12.4. The van der Waals surface area contributed by atoms with E-state index in [1.165, 1.54) is 27.5 Å². The van der Waals surface area contributed by atoms with Crippen LogP contribution in [0.5, 0.6) is 0 Å². The second-order valence-corrected chi connectivity index (χ2v) is 12.9. The van der Waals surface area contributed by atoms with Crippen molar-refractivity contribution in [3.8, 4) is 56.4 Å². The number of aromatic nitrogens is 3. The molecule has 4 heteroatoms. The highest BCUT2D eigenvalue weighted by Crippen LogP contribution is 2.37. The van der Waals surface area contributed by atoms with Gasteiger partial charge in [-0.3, -0.25) is 0 Å². The van der Waals surface area contributed by atoms with Gasteiger partial charge < -0.3 is 4.42 Å². The van der Waals surface area contributed by atoms with E-state index < -0.39 is 0 Å². The molecule has 0 aliphatic rings. The van der Waals surface area contributed by atoms with Crippen LogP contribution >= 0.6 is 0 Å². The van der Waals surface area contributed by atoms with Crippen molar-refractivity contribution >= 4 is 43.5 Å². The second kappa shape index (κ2) is 11.9. The molecule has 2 heterocycles. The summed E-state index contributed by atoms with van der Waals surface area (Å²) in [5.74, 6) is 1.84. The Morgan fingerprint density at radius 1 is 0.314 bits per heavy atom. The van der Waals surface area contributed by atoms with Gasteiger partial charge in [0.25, 0.3) is 0 Å². The summed E-state index contributed by atoms with van der Waals surface area (Å²) in [5, 5.41) is 6.79. The van der Waals surface area contributed by atoms with Gasteiger partial charge in [0.15, 0.2) is 17.5 Å². The zero-order valence-electron chi connectivity index (χ0n) is 27.5. The van der Waals surface area contributed by atoms with Gasteiger partial charge in [0, 0.05) is 27.5 Å². The van der Waals surface area contributed by atoms with E-state index in [0.29, 0.717) is 17.5 Å². The largest absolute Gasteiger partial charge is 0.456 e. The first-order valence-electron chi connectivity index (χ1n) is 17.1. The summed E-state index contributed by atoms with van der Waals surface area (Å²) in [7, 11) is 0. The number of hydrogen-bond donors (Lipinski definition) is 0. The smallest absolute Gasteiger partial charge is 0.164 e. The van der Waals surface area contributed by atoms with Gasteiger partial charge in [-0.2, -0.15) is 0 Å². The van der Waals surface area contributed by atoms with Crippen molar-refractivity contribution in [1.29, 1.82) is 0 Å². The number of hydrogen-bond acceptors (Lipinski definition) is 4. The fourth-order valence-electron chi connectivity index (χ4n) is 7.09. The third kappa shape index (κ3) is 5.22. The second-order valence-electron chi connectivity index (χ2n) is 12.9. The Labute approximate surface area is 294 Å². The quantitative estimate of drug-likeness (QED) is 0.186. The Balaban J connectivity index is 1.11. The first-order chi connectivity index (χ1) is 25.2. The number of fused-ring (bicyclic) bond motifs is 5. The van der Waals surface area contributed by atoms with Crippen LogP contribution < -0.4 is 0 Å². The van der Waals surface area contributed by atoms with E-state index in [2.05, 4.69) is 140 Å². The van der Waals surface area contributed by atoms with Crippen molar-refractivity contribution in [1.82, 2.24) is 15.0 Å². The van der Waals surface area contributed by atoms with Crippen molar-refractivity contribution in [3.63, 3.8) is 0 Å². The van der Waals surface area contributed by atoms with E-state index >= 15 is 0 Å². The number of para-hydroxylation sites is 1. The fourth-order valence-corrected chi connectivity index (χ4v) is 7.09. The van der Waals surface area contributed by atoms with Crippen LogP contribution in [-0.4, -0.2) is 15.0 Å². The summed E-state index contributed by atoms with van der Waals surface area (Å²) in [6.45, 7) is 0. The fraction of sp³-hybridized carbons (Fsp3) is 0. The molecule has 0 aliphatic heterocycles. The molecule has 0 saturated carbocycles. The minimum absolute atomic E-state index is 0.603. The molecule has 0 aliphatic carbocycles. The number of rotatable bonds is 5. The van der Waals surface area contributed by atoms with Gasteiger partial charge in [0.1, 0.15) is 11.2 Å². The van der Waals surface area contributed by atoms with Crippen molar-refractivity contribution in [2.75, 3.05) is 0 Å². The molecular formula is C47H29N3O. The lowest BCUT2D eigenvalue weighted by Gasteiger charge is -2.11. The molecule has 10 aromatic rings. The normalized spacial score (nSPS) is 11.5. The summed E-state index contributed by atoms with van der Waals surface area (Å²) in [4.78, 5) is 15.3. The average Bonchev–Trinajstić information content (AvgIpc) is 3.59. The topological polar surface area (TPSA) is 51.8 Å². The van der Waals surface area contributed by atoms with Gasteiger partial charge in [0.05, 0.1) is 0 Å². The third-order valence-corrected chi connectivity index (χ3v) is 9.71. The standard InChI is InChI=1S/C47H29N3O/c1-2-9-30(10-3-1)32-17-20-33(21-18-32)45-48-46(50-47(49-45)41-14-8-16-43-44(41)40-13-6-7-15-42(40)51-43)39-26-25-37-28-36(23-24-38(37)29-39)35-22-19-31-11-4-5-12-34(31)27-35/h1-29H. The number of benzene rings is 8. The molecule has 0 radical (unpaired) electrons. The van der Waals surface area contributed by atoms with Crippen LogP contribution in [0.3, 0.4) is 0 Å². The minimum Gasteiger partial charge on any atom is -0.456 e. The number of nitrogens with zero attached hydrogens (tertiary/aromatic N) is 3.